The summed E-state index contributed by atoms with van der Waals surface area (Å²) in [5.41, 5.74) is 1.16. The summed E-state index contributed by atoms with van der Waals surface area (Å²) < 4.78 is 0. The average molecular weight is 370 g/mol. The fourth-order valence-corrected chi connectivity index (χ4v) is 5.19. The third-order valence-corrected chi connectivity index (χ3v) is 6.98. The maximum Gasteiger partial charge on any atom is 0.225 e. The molecule has 0 spiro atoms. The summed E-state index contributed by atoms with van der Waals surface area (Å²) in [6.45, 7) is 4.10. The summed E-state index contributed by atoms with van der Waals surface area (Å²) in [5.74, 6) is 1.29. The number of hydrogen-bond acceptors (Lipinski definition) is 3. The van der Waals surface area contributed by atoms with Gasteiger partial charge in [-0.15, -0.1) is 0 Å². The van der Waals surface area contributed by atoms with Crippen LogP contribution in [0.4, 0.5) is 0 Å². The number of rotatable bonds is 6. The van der Waals surface area contributed by atoms with Crippen LogP contribution >= 0.6 is 0 Å². The average Bonchev–Trinajstić information content (AvgIpc) is 2.68. The number of piperidine rings is 1. The van der Waals surface area contributed by atoms with Crippen LogP contribution < -0.4 is 0 Å². The second-order valence-electron chi connectivity index (χ2n) is 9.00. The topological polar surface area (TPSA) is 36.4 Å². The third kappa shape index (κ3) is 4.90. The molecule has 0 aromatic carbocycles. The Bertz CT molecular complexity index is 595. The lowest BCUT2D eigenvalue weighted by molar-refractivity contribution is -0.139. The molecule has 1 aromatic rings. The summed E-state index contributed by atoms with van der Waals surface area (Å²) in [5, 5.41) is 0. The first kappa shape index (κ1) is 18.9. The molecule has 1 aliphatic heterocycles. The number of carbonyl (C=O) groups excluding carboxylic acids is 1. The van der Waals surface area contributed by atoms with E-state index < -0.39 is 0 Å². The van der Waals surface area contributed by atoms with Crippen molar-refractivity contribution in [2.24, 2.45) is 11.8 Å². The Labute approximate surface area is 164 Å². The zero-order valence-electron chi connectivity index (χ0n) is 16.7. The van der Waals surface area contributed by atoms with E-state index in [0.29, 0.717) is 11.8 Å². The Hall–Kier alpha value is -1.42. The van der Waals surface area contributed by atoms with Gasteiger partial charge in [0.1, 0.15) is 0 Å². The van der Waals surface area contributed by atoms with Crippen LogP contribution in [0.1, 0.15) is 69.8 Å². The van der Waals surface area contributed by atoms with Crippen molar-refractivity contribution in [1.29, 1.82) is 0 Å². The lowest BCUT2D eigenvalue weighted by Crippen LogP contribution is -2.48. The number of hydrogen-bond donors (Lipinski definition) is 0. The van der Waals surface area contributed by atoms with Crippen LogP contribution in [0.2, 0.25) is 0 Å². The highest BCUT2D eigenvalue weighted by Gasteiger charge is 2.33. The van der Waals surface area contributed by atoms with Gasteiger partial charge in [0.2, 0.25) is 5.91 Å². The first-order valence-electron chi connectivity index (χ1n) is 11.2. The molecule has 2 heterocycles. The van der Waals surface area contributed by atoms with Gasteiger partial charge in [0.25, 0.3) is 0 Å². The Morgan fingerprint density at radius 2 is 1.93 bits per heavy atom. The van der Waals surface area contributed by atoms with E-state index in [-0.39, 0.29) is 5.92 Å². The predicted octanol–water partition coefficient (Wildman–Crippen LogP) is 4.26. The molecule has 3 aliphatic rings. The predicted molar refractivity (Wildman–Crippen MR) is 108 cm³/mol. The van der Waals surface area contributed by atoms with Gasteiger partial charge >= 0.3 is 0 Å². The molecule has 3 fully saturated rings. The van der Waals surface area contributed by atoms with Crippen molar-refractivity contribution >= 4 is 5.91 Å². The van der Waals surface area contributed by atoms with Crippen molar-refractivity contribution < 1.29 is 4.79 Å². The molecular weight excluding hydrogens is 334 g/mol. The second-order valence-corrected chi connectivity index (χ2v) is 9.00. The molecule has 0 N–H and O–H groups in total. The van der Waals surface area contributed by atoms with Crippen LogP contribution in [0.25, 0.3) is 0 Å². The standard InChI is InChI=1S/C23H35N3O/c27-23(21-9-4-10-21)26(16-19-7-5-13-24-15-19)18-20-8-6-14-25(17-20)22-11-2-1-3-12-22/h5,7,13,15,20-22H,1-4,6,8-12,14,16-18H2/t20-/m0/s1. The lowest BCUT2D eigenvalue weighted by Gasteiger charge is -2.42. The zero-order chi connectivity index (χ0) is 18.5. The third-order valence-electron chi connectivity index (χ3n) is 6.98. The number of nitrogens with zero attached hydrogens (tertiary/aromatic N) is 3. The van der Waals surface area contributed by atoms with Crippen LogP contribution in [0.15, 0.2) is 24.5 Å². The molecule has 0 unspecified atom stereocenters. The molecular formula is C23H35N3O. The molecule has 1 atom stereocenters. The Balaban J connectivity index is 1.39. The number of carbonyl (C=O) groups is 1. The van der Waals surface area contributed by atoms with Crippen molar-refractivity contribution in [3.8, 4) is 0 Å². The minimum absolute atomic E-state index is 0.278. The van der Waals surface area contributed by atoms with Gasteiger partial charge in [0.15, 0.2) is 0 Å². The molecule has 27 heavy (non-hydrogen) atoms. The number of aromatic nitrogens is 1. The highest BCUT2D eigenvalue weighted by Crippen LogP contribution is 2.31. The Morgan fingerprint density at radius 1 is 1.07 bits per heavy atom. The number of likely N-dealkylation sites (tertiary alicyclic amines) is 1. The van der Waals surface area contributed by atoms with E-state index in [9.17, 15) is 4.79 Å². The zero-order valence-corrected chi connectivity index (χ0v) is 16.7. The van der Waals surface area contributed by atoms with Crippen LogP contribution in [0.5, 0.6) is 0 Å². The number of amides is 1. The highest BCUT2D eigenvalue weighted by atomic mass is 16.2. The molecule has 1 amide bonds. The molecule has 1 saturated heterocycles. The smallest absolute Gasteiger partial charge is 0.225 e. The minimum Gasteiger partial charge on any atom is -0.338 e. The van der Waals surface area contributed by atoms with Gasteiger partial charge in [-0.1, -0.05) is 31.7 Å². The van der Waals surface area contributed by atoms with Crippen molar-refractivity contribution in [1.82, 2.24) is 14.8 Å². The van der Waals surface area contributed by atoms with E-state index in [1.165, 1.54) is 64.5 Å². The Morgan fingerprint density at radius 3 is 2.63 bits per heavy atom. The molecule has 2 saturated carbocycles. The first-order valence-corrected chi connectivity index (χ1v) is 11.2. The summed E-state index contributed by atoms with van der Waals surface area (Å²) in [7, 11) is 0. The normalized spacial score (nSPS) is 25.1. The van der Waals surface area contributed by atoms with E-state index >= 15 is 0 Å². The van der Waals surface area contributed by atoms with E-state index in [1.807, 2.05) is 18.5 Å². The fraction of sp³-hybridized carbons (Fsp3) is 0.739. The van der Waals surface area contributed by atoms with Crippen LogP contribution in [-0.4, -0.2) is 46.4 Å². The number of pyridine rings is 1. The SMILES string of the molecule is O=C(C1CCC1)N(Cc1cccnc1)C[C@H]1CCCN(C2CCCCC2)C1. The van der Waals surface area contributed by atoms with Gasteiger partial charge < -0.3 is 9.80 Å². The monoisotopic (exact) mass is 369 g/mol. The molecule has 0 radical (unpaired) electrons. The molecule has 0 bridgehead atoms. The Kier molecular flexibility index (Phi) is 6.43. The van der Waals surface area contributed by atoms with Gasteiger partial charge in [-0.2, -0.15) is 0 Å². The van der Waals surface area contributed by atoms with E-state index in [0.717, 1.165) is 37.5 Å². The van der Waals surface area contributed by atoms with E-state index in [4.69, 9.17) is 0 Å². The van der Waals surface area contributed by atoms with E-state index in [2.05, 4.69) is 20.9 Å². The van der Waals surface area contributed by atoms with E-state index in [1.54, 1.807) is 0 Å². The second kappa shape index (κ2) is 9.18. The van der Waals surface area contributed by atoms with Crippen molar-refractivity contribution in [3.05, 3.63) is 30.1 Å². The van der Waals surface area contributed by atoms with Crippen LogP contribution in [0.3, 0.4) is 0 Å². The molecule has 4 heteroatoms. The minimum atomic E-state index is 0.278. The largest absolute Gasteiger partial charge is 0.338 e. The molecule has 1 aromatic heterocycles. The quantitative estimate of drug-likeness (QED) is 0.752. The van der Waals surface area contributed by atoms with Gasteiger partial charge in [0, 0.05) is 44.0 Å². The van der Waals surface area contributed by atoms with Crippen LogP contribution in [-0.2, 0) is 11.3 Å². The van der Waals surface area contributed by atoms with Crippen LogP contribution in [0, 0.1) is 11.8 Å². The van der Waals surface area contributed by atoms with Crippen molar-refractivity contribution in [2.75, 3.05) is 19.6 Å². The fourth-order valence-electron chi connectivity index (χ4n) is 5.19. The van der Waals surface area contributed by atoms with Gasteiger partial charge in [-0.05, 0) is 62.6 Å². The highest BCUT2D eigenvalue weighted by molar-refractivity contribution is 5.79. The van der Waals surface area contributed by atoms with Gasteiger partial charge in [-0.25, -0.2) is 0 Å². The summed E-state index contributed by atoms with van der Waals surface area (Å²) >= 11 is 0. The molecule has 148 valence electrons. The summed E-state index contributed by atoms with van der Waals surface area (Å²) in [4.78, 5) is 22.2. The maximum absolute atomic E-state index is 13.1. The molecule has 4 rings (SSSR count). The van der Waals surface area contributed by atoms with Crippen molar-refractivity contribution in [2.45, 2.75) is 76.8 Å². The summed E-state index contributed by atoms with van der Waals surface area (Å²) in [6.07, 6.45) is 16.7. The maximum atomic E-state index is 13.1. The van der Waals surface area contributed by atoms with Gasteiger partial charge in [-0.3, -0.25) is 9.78 Å². The lowest BCUT2D eigenvalue weighted by atomic mass is 9.84. The molecule has 2 aliphatic carbocycles. The molecule has 4 nitrogen and oxygen atoms in total. The summed E-state index contributed by atoms with van der Waals surface area (Å²) in [6, 6.07) is 4.88. The van der Waals surface area contributed by atoms with Crippen molar-refractivity contribution in [3.63, 3.8) is 0 Å². The van der Waals surface area contributed by atoms with Gasteiger partial charge in [0.05, 0.1) is 0 Å². The first-order chi connectivity index (χ1) is 13.3.